The third-order valence-corrected chi connectivity index (χ3v) is 6.58. The van der Waals surface area contributed by atoms with Crippen LogP contribution in [-0.2, 0) is 9.84 Å². The van der Waals surface area contributed by atoms with Gasteiger partial charge in [-0.25, -0.2) is 8.42 Å². The normalized spacial score (nSPS) is 14.0. The topological polar surface area (TPSA) is 71.5 Å². The van der Waals surface area contributed by atoms with E-state index < -0.39 is 27.5 Å². The van der Waals surface area contributed by atoms with Gasteiger partial charge >= 0.3 is 0 Å². The van der Waals surface area contributed by atoms with Crippen LogP contribution in [-0.4, -0.2) is 36.8 Å². The minimum Gasteiger partial charge on any atom is -0.269 e. The molecule has 0 bridgehead atoms. The highest BCUT2D eigenvalue weighted by Crippen LogP contribution is 2.23. The van der Waals surface area contributed by atoms with Gasteiger partial charge in [0.2, 0.25) is 0 Å². The quantitative estimate of drug-likeness (QED) is 0.363. The molecule has 0 unspecified atom stereocenters. The number of nitrogens with zero attached hydrogens (tertiary/aromatic N) is 1. The molecule has 1 aromatic carbocycles. The van der Waals surface area contributed by atoms with Crippen LogP contribution in [0, 0.1) is 0 Å². The first kappa shape index (κ1) is 21.6. The fourth-order valence-corrected chi connectivity index (χ4v) is 4.83. The zero-order valence-electron chi connectivity index (χ0n) is 16.3. The van der Waals surface area contributed by atoms with Crippen molar-refractivity contribution in [3.63, 3.8) is 0 Å². The van der Waals surface area contributed by atoms with E-state index in [0.29, 0.717) is 6.42 Å². The number of rotatable bonds is 13. The fourth-order valence-electron chi connectivity index (χ4n) is 3.43. The summed E-state index contributed by atoms with van der Waals surface area (Å²) in [5, 5.41) is 0. The summed E-state index contributed by atoms with van der Waals surface area (Å²) < 4.78 is 24.6. The van der Waals surface area contributed by atoms with Crippen molar-refractivity contribution in [3.05, 3.63) is 35.4 Å². The van der Waals surface area contributed by atoms with Gasteiger partial charge in [0.15, 0.2) is 9.84 Å². The summed E-state index contributed by atoms with van der Waals surface area (Å²) in [7, 11) is -3.47. The Balaban J connectivity index is 1.66. The summed E-state index contributed by atoms with van der Waals surface area (Å²) in [6.07, 6.45) is 11.3. The van der Waals surface area contributed by atoms with Gasteiger partial charge in [-0.3, -0.25) is 14.5 Å². The molecule has 6 heteroatoms. The molecule has 0 saturated carbocycles. The van der Waals surface area contributed by atoms with E-state index in [4.69, 9.17) is 0 Å². The average molecular weight is 394 g/mol. The van der Waals surface area contributed by atoms with Crippen LogP contribution in [0.2, 0.25) is 0 Å². The van der Waals surface area contributed by atoms with Gasteiger partial charge in [-0.2, -0.15) is 0 Å². The number of unbranched alkanes of at least 4 members (excludes halogenated alkanes) is 9. The van der Waals surface area contributed by atoms with Crippen LogP contribution in [0.1, 0.15) is 91.8 Å². The van der Waals surface area contributed by atoms with E-state index in [-0.39, 0.29) is 16.9 Å². The molecule has 1 aliphatic heterocycles. The lowest BCUT2D eigenvalue weighted by Gasteiger charge is -2.14. The SMILES string of the molecule is CCCCCCCCCCCCS(=O)(=O)CN1C(=O)c2ccccc2C1=O. The molecule has 1 aliphatic rings. The second-order valence-corrected chi connectivity index (χ2v) is 9.50. The Hall–Kier alpha value is -1.69. The molecule has 27 heavy (non-hydrogen) atoms. The molecule has 0 aliphatic carbocycles. The van der Waals surface area contributed by atoms with Crippen molar-refractivity contribution in [2.24, 2.45) is 0 Å². The number of carbonyl (C=O) groups excluding carboxylic acids is 2. The predicted molar refractivity (Wildman–Crippen MR) is 107 cm³/mol. The number of hydrogen-bond donors (Lipinski definition) is 0. The fraction of sp³-hybridized carbons (Fsp3) is 0.619. The maximum Gasteiger partial charge on any atom is 0.262 e. The van der Waals surface area contributed by atoms with E-state index in [1.54, 1.807) is 24.3 Å². The standard InChI is InChI=1S/C21H31NO4S/c1-2-3-4-5-6-7-8-9-10-13-16-27(25,26)17-22-20(23)18-14-11-12-15-19(18)21(22)24/h11-12,14-15H,2-10,13,16-17H2,1H3. The van der Waals surface area contributed by atoms with Crippen molar-refractivity contribution in [2.75, 3.05) is 11.6 Å². The predicted octanol–water partition coefficient (Wildman–Crippen LogP) is 4.58. The molecule has 1 heterocycles. The largest absolute Gasteiger partial charge is 0.269 e. The highest BCUT2D eigenvalue weighted by Gasteiger charge is 2.37. The highest BCUT2D eigenvalue weighted by molar-refractivity contribution is 7.91. The Labute approximate surface area is 163 Å². The van der Waals surface area contributed by atoms with E-state index in [9.17, 15) is 18.0 Å². The molecule has 0 aromatic heterocycles. The number of imide groups is 1. The Morgan fingerprint density at radius 2 is 1.19 bits per heavy atom. The maximum absolute atomic E-state index is 12.3. The summed E-state index contributed by atoms with van der Waals surface area (Å²) in [4.78, 5) is 25.4. The van der Waals surface area contributed by atoms with Gasteiger partial charge in [0.25, 0.3) is 11.8 Å². The molecule has 2 amide bonds. The second-order valence-electron chi connectivity index (χ2n) is 7.34. The monoisotopic (exact) mass is 393 g/mol. The zero-order valence-corrected chi connectivity index (χ0v) is 17.1. The van der Waals surface area contributed by atoms with E-state index in [0.717, 1.165) is 24.2 Å². The van der Waals surface area contributed by atoms with Crippen molar-refractivity contribution in [2.45, 2.75) is 71.1 Å². The lowest BCUT2D eigenvalue weighted by Crippen LogP contribution is -2.35. The van der Waals surface area contributed by atoms with E-state index >= 15 is 0 Å². The zero-order chi connectivity index (χ0) is 19.7. The Morgan fingerprint density at radius 3 is 1.67 bits per heavy atom. The first-order valence-electron chi connectivity index (χ1n) is 10.1. The van der Waals surface area contributed by atoms with Gasteiger partial charge in [-0.05, 0) is 18.6 Å². The number of benzene rings is 1. The Morgan fingerprint density at radius 1 is 0.741 bits per heavy atom. The van der Waals surface area contributed by atoms with Crippen LogP contribution in [0.25, 0.3) is 0 Å². The van der Waals surface area contributed by atoms with Crippen molar-refractivity contribution in [1.29, 1.82) is 0 Å². The average Bonchev–Trinajstić information content (AvgIpc) is 2.88. The molecule has 0 saturated heterocycles. The van der Waals surface area contributed by atoms with Gasteiger partial charge in [0, 0.05) is 0 Å². The molecule has 0 atom stereocenters. The molecule has 0 radical (unpaired) electrons. The van der Waals surface area contributed by atoms with Crippen LogP contribution >= 0.6 is 0 Å². The van der Waals surface area contributed by atoms with Gasteiger partial charge < -0.3 is 0 Å². The minimum absolute atomic E-state index is 0.0247. The van der Waals surface area contributed by atoms with Crippen molar-refractivity contribution in [1.82, 2.24) is 4.90 Å². The molecule has 0 spiro atoms. The van der Waals surface area contributed by atoms with Crippen molar-refractivity contribution in [3.8, 4) is 0 Å². The summed E-state index contributed by atoms with van der Waals surface area (Å²) in [6.45, 7) is 2.21. The van der Waals surface area contributed by atoms with Gasteiger partial charge in [0.05, 0.1) is 16.9 Å². The molecule has 1 aromatic rings. The first-order chi connectivity index (χ1) is 13.0. The highest BCUT2D eigenvalue weighted by atomic mass is 32.2. The van der Waals surface area contributed by atoms with E-state index in [2.05, 4.69) is 6.92 Å². The molecule has 150 valence electrons. The molecule has 0 fully saturated rings. The number of fused-ring (bicyclic) bond motifs is 1. The van der Waals surface area contributed by atoms with E-state index in [1.807, 2.05) is 0 Å². The molecule has 2 rings (SSSR count). The minimum atomic E-state index is -3.47. The molecular formula is C21H31NO4S. The summed E-state index contributed by atoms with van der Waals surface area (Å²) in [5.41, 5.74) is 0.577. The number of amides is 2. The third kappa shape index (κ3) is 6.45. The van der Waals surface area contributed by atoms with Crippen molar-refractivity contribution >= 4 is 21.7 Å². The van der Waals surface area contributed by atoms with Crippen LogP contribution in [0.4, 0.5) is 0 Å². The number of hydrogen-bond acceptors (Lipinski definition) is 4. The number of sulfone groups is 1. The molecule has 5 nitrogen and oxygen atoms in total. The number of carbonyl (C=O) groups is 2. The van der Waals surface area contributed by atoms with Crippen LogP contribution in [0.15, 0.2) is 24.3 Å². The second kappa shape index (κ2) is 10.6. The summed E-state index contributed by atoms with van der Waals surface area (Å²) in [5.74, 6) is -1.52. The Bertz CT molecular complexity index is 707. The van der Waals surface area contributed by atoms with E-state index in [1.165, 1.54) is 38.5 Å². The van der Waals surface area contributed by atoms with Crippen LogP contribution in [0.5, 0.6) is 0 Å². The smallest absolute Gasteiger partial charge is 0.262 e. The van der Waals surface area contributed by atoms with Gasteiger partial charge in [-0.15, -0.1) is 0 Å². The Kier molecular flexibility index (Phi) is 8.48. The molecule has 0 N–H and O–H groups in total. The summed E-state index contributed by atoms with van der Waals surface area (Å²) >= 11 is 0. The van der Waals surface area contributed by atoms with Gasteiger partial charge in [0.1, 0.15) is 5.88 Å². The van der Waals surface area contributed by atoms with Crippen molar-refractivity contribution < 1.29 is 18.0 Å². The lowest BCUT2D eigenvalue weighted by atomic mass is 10.1. The lowest BCUT2D eigenvalue weighted by molar-refractivity contribution is 0.0680. The maximum atomic E-state index is 12.3. The first-order valence-corrected chi connectivity index (χ1v) is 11.9. The van der Waals surface area contributed by atoms with Gasteiger partial charge in [-0.1, -0.05) is 76.8 Å². The van der Waals surface area contributed by atoms with Crippen LogP contribution in [0.3, 0.4) is 0 Å². The van der Waals surface area contributed by atoms with Crippen LogP contribution < -0.4 is 0 Å². The molecular weight excluding hydrogens is 362 g/mol. The summed E-state index contributed by atoms with van der Waals surface area (Å²) in [6, 6.07) is 6.46. The third-order valence-electron chi connectivity index (χ3n) is 5.01.